The molecular formula is C18H17FN4OS. The van der Waals surface area contributed by atoms with Gasteiger partial charge in [0.05, 0.1) is 17.9 Å². The van der Waals surface area contributed by atoms with Gasteiger partial charge in [-0.1, -0.05) is 18.2 Å². The first-order valence-electron chi connectivity index (χ1n) is 8.22. The molecule has 4 rings (SSSR count). The third-order valence-corrected chi connectivity index (χ3v) is 5.34. The number of thiazole rings is 1. The fourth-order valence-corrected chi connectivity index (χ4v) is 4.01. The first-order valence-corrected chi connectivity index (χ1v) is 9.03. The van der Waals surface area contributed by atoms with E-state index in [1.165, 1.54) is 17.4 Å². The zero-order chi connectivity index (χ0) is 17.2. The van der Waals surface area contributed by atoms with Crippen molar-refractivity contribution >= 4 is 22.4 Å². The zero-order valence-electron chi connectivity index (χ0n) is 13.5. The molecule has 3 aromatic rings. The van der Waals surface area contributed by atoms with Gasteiger partial charge >= 0.3 is 0 Å². The van der Waals surface area contributed by atoms with Crippen molar-refractivity contribution in [1.29, 1.82) is 0 Å². The summed E-state index contributed by atoms with van der Waals surface area (Å²) in [5, 5.41) is 3.42. The molecule has 25 heavy (non-hydrogen) atoms. The lowest BCUT2D eigenvalue weighted by Gasteiger charge is -2.19. The number of fused-ring (bicyclic) bond motifs is 1. The van der Waals surface area contributed by atoms with Crippen LogP contribution in [0.5, 0.6) is 0 Å². The fraction of sp³-hybridized carbons (Fsp3) is 0.278. The van der Waals surface area contributed by atoms with Gasteiger partial charge in [0.25, 0.3) is 0 Å². The Morgan fingerprint density at radius 2 is 2.24 bits per heavy atom. The molecule has 1 aliphatic rings. The topological polar surface area (TPSA) is 70.7 Å². The van der Waals surface area contributed by atoms with Crippen molar-refractivity contribution in [3.63, 3.8) is 0 Å². The van der Waals surface area contributed by atoms with Gasteiger partial charge in [-0.2, -0.15) is 0 Å². The number of hydrogen-bond acceptors (Lipinski definition) is 4. The molecule has 2 heterocycles. The summed E-state index contributed by atoms with van der Waals surface area (Å²) in [5.41, 5.74) is 2.51. The lowest BCUT2D eigenvalue weighted by atomic mass is 9.89. The van der Waals surface area contributed by atoms with Crippen LogP contribution < -0.4 is 5.32 Å². The molecule has 0 bridgehead atoms. The summed E-state index contributed by atoms with van der Waals surface area (Å²) < 4.78 is 13.7. The number of aromatic amines is 1. The number of aryl methyl sites for hydroxylation is 1. The number of halogens is 1. The van der Waals surface area contributed by atoms with Crippen LogP contribution in [-0.2, 0) is 17.6 Å². The van der Waals surface area contributed by atoms with Crippen LogP contribution in [0.4, 0.5) is 9.52 Å². The minimum absolute atomic E-state index is 0.0835. The molecule has 5 nitrogen and oxygen atoms in total. The molecule has 0 spiro atoms. The highest BCUT2D eigenvalue weighted by molar-refractivity contribution is 7.15. The van der Waals surface area contributed by atoms with Gasteiger partial charge in [0.1, 0.15) is 5.82 Å². The highest BCUT2D eigenvalue weighted by Crippen LogP contribution is 2.31. The van der Waals surface area contributed by atoms with E-state index in [2.05, 4.69) is 20.3 Å². The fourth-order valence-electron chi connectivity index (χ4n) is 3.18. The van der Waals surface area contributed by atoms with Gasteiger partial charge in [0.2, 0.25) is 5.91 Å². The second-order valence-electron chi connectivity index (χ2n) is 6.10. The van der Waals surface area contributed by atoms with Crippen molar-refractivity contribution in [2.45, 2.75) is 31.6 Å². The lowest BCUT2D eigenvalue weighted by Crippen LogP contribution is -2.24. The van der Waals surface area contributed by atoms with Gasteiger partial charge in [-0.05, 0) is 30.9 Å². The van der Waals surface area contributed by atoms with Crippen molar-refractivity contribution in [3.8, 4) is 0 Å². The minimum atomic E-state index is -0.242. The van der Waals surface area contributed by atoms with E-state index in [0.717, 1.165) is 35.5 Å². The van der Waals surface area contributed by atoms with Crippen molar-refractivity contribution in [1.82, 2.24) is 15.0 Å². The summed E-state index contributed by atoms with van der Waals surface area (Å²) in [7, 11) is 0. The summed E-state index contributed by atoms with van der Waals surface area (Å²) in [5.74, 6) is -0.552. The molecule has 0 saturated carbocycles. The van der Waals surface area contributed by atoms with Gasteiger partial charge in [-0.15, -0.1) is 11.3 Å². The summed E-state index contributed by atoms with van der Waals surface area (Å²) in [6.45, 7) is 0. The molecule has 1 aliphatic carbocycles. The molecule has 128 valence electrons. The average molecular weight is 356 g/mol. The lowest BCUT2D eigenvalue weighted by molar-refractivity contribution is -0.118. The van der Waals surface area contributed by atoms with E-state index >= 15 is 0 Å². The van der Waals surface area contributed by atoms with E-state index < -0.39 is 0 Å². The number of nitrogens with zero attached hydrogens (tertiary/aromatic N) is 2. The van der Waals surface area contributed by atoms with E-state index in [1.807, 2.05) is 6.07 Å². The Morgan fingerprint density at radius 1 is 1.36 bits per heavy atom. The Labute approximate surface area is 148 Å². The Bertz CT molecular complexity index is 904. The zero-order valence-corrected chi connectivity index (χ0v) is 14.3. The number of hydrogen-bond donors (Lipinski definition) is 2. The number of anilines is 1. The summed E-state index contributed by atoms with van der Waals surface area (Å²) in [6.07, 6.45) is 6.48. The van der Waals surface area contributed by atoms with E-state index in [4.69, 9.17) is 0 Å². The number of H-pyrrole nitrogens is 1. The molecule has 1 aromatic carbocycles. The maximum atomic E-state index is 13.7. The van der Waals surface area contributed by atoms with Crippen LogP contribution in [0, 0.1) is 5.82 Å². The highest BCUT2D eigenvalue weighted by atomic mass is 32.1. The molecule has 0 fully saturated rings. The number of carbonyl (C=O) groups is 1. The Morgan fingerprint density at radius 3 is 3.12 bits per heavy atom. The SMILES string of the molecule is O=C(Nc1ncc(Cc2ccccc2F)s1)C1CCCc2[nH]cnc21. The van der Waals surface area contributed by atoms with Gasteiger partial charge in [0.15, 0.2) is 5.13 Å². The van der Waals surface area contributed by atoms with Crippen LogP contribution in [0.1, 0.15) is 40.6 Å². The summed E-state index contributed by atoms with van der Waals surface area (Å²) >= 11 is 1.37. The van der Waals surface area contributed by atoms with Crippen LogP contribution in [0.3, 0.4) is 0 Å². The summed E-state index contributed by atoms with van der Waals surface area (Å²) in [4.78, 5) is 25.2. The van der Waals surface area contributed by atoms with Gasteiger partial charge in [-0.3, -0.25) is 4.79 Å². The standard InChI is InChI=1S/C18H17FN4OS/c19-14-6-2-1-4-11(14)8-12-9-20-18(25-12)23-17(24)13-5-3-7-15-16(13)22-10-21-15/h1-2,4,6,9-10,13H,3,5,7-8H2,(H,21,22)(H,20,23,24). The number of imidazole rings is 1. The first-order chi connectivity index (χ1) is 12.2. The molecule has 0 radical (unpaired) electrons. The Balaban J connectivity index is 1.45. The van der Waals surface area contributed by atoms with E-state index in [-0.39, 0.29) is 17.6 Å². The van der Waals surface area contributed by atoms with E-state index in [9.17, 15) is 9.18 Å². The molecule has 1 unspecified atom stereocenters. The molecule has 1 atom stereocenters. The largest absolute Gasteiger partial charge is 0.348 e. The highest BCUT2D eigenvalue weighted by Gasteiger charge is 2.29. The van der Waals surface area contributed by atoms with Crippen molar-refractivity contribution in [2.24, 2.45) is 0 Å². The van der Waals surface area contributed by atoms with E-state index in [1.54, 1.807) is 24.7 Å². The summed E-state index contributed by atoms with van der Waals surface area (Å²) in [6, 6.07) is 6.69. The van der Waals surface area contributed by atoms with Gasteiger partial charge < -0.3 is 10.3 Å². The molecule has 0 saturated heterocycles. The number of benzene rings is 1. The molecule has 2 N–H and O–H groups in total. The van der Waals surface area contributed by atoms with Crippen LogP contribution in [0.2, 0.25) is 0 Å². The second kappa shape index (κ2) is 6.76. The minimum Gasteiger partial charge on any atom is -0.348 e. The van der Waals surface area contributed by atoms with Crippen molar-refractivity contribution in [2.75, 3.05) is 5.32 Å². The monoisotopic (exact) mass is 356 g/mol. The number of rotatable bonds is 4. The van der Waals surface area contributed by atoms with Crippen LogP contribution in [-0.4, -0.2) is 20.9 Å². The van der Waals surface area contributed by atoms with Gasteiger partial charge in [0, 0.05) is 23.2 Å². The molecule has 1 amide bonds. The predicted molar refractivity (Wildman–Crippen MR) is 94.2 cm³/mol. The van der Waals surface area contributed by atoms with Crippen LogP contribution in [0.25, 0.3) is 0 Å². The van der Waals surface area contributed by atoms with Crippen molar-refractivity contribution < 1.29 is 9.18 Å². The Kier molecular flexibility index (Phi) is 4.31. The third-order valence-electron chi connectivity index (χ3n) is 4.42. The predicted octanol–water partition coefficient (Wildman–Crippen LogP) is 3.65. The van der Waals surface area contributed by atoms with Crippen molar-refractivity contribution in [3.05, 3.63) is 64.4 Å². The maximum Gasteiger partial charge on any atom is 0.235 e. The number of aromatic nitrogens is 3. The Hall–Kier alpha value is -2.54. The normalized spacial score (nSPS) is 16.4. The molecular weight excluding hydrogens is 339 g/mol. The molecule has 0 aliphatic heterocycles. The number of carbonyl (C=O) groups excluding carboxylic acids is 1. The number of nitrogens with one attached hydrogen (secondary N) is 2. The van der Waals surface area contributed by atoms with Crippen LogP contribution in [0.15, 0.2) is 36.8 Å². The first kappa shape index (κ1) is 16.0. The van der Waals surface area contributed by atoms with Crippen LogP contribution >= 0.6 is 11.3 Å². The van der Waals surface area contributed by atoms with E-state index in [0.29, 0.717) is 17.1 Å². The molecule has 2 aromatic heterocycles. The molecule has 7 heteroatoms. The smallest absolute Gasteiger partial charge is 0.235 e. The maximum absolute atomic E-state index is 13.7. The quantitative estimate of drug-likeness (QED) is 0.749. The number of amides is 1. The average Bonchev–Trinajstić information content (AvgIpc) is 3.25. The second-order valence-corrected chi connectivity index (χ2v) is 7.22. The van der Waals surface area contributed by atoms with Gasteiger partial charge in [-0.25, -0.2) is 14.4 Å². The third kappa shape index (κ3) is 3.32.